The van der Waals surface area contributed by atoms with Crippen LogP contribution in [0.15, 0.2) is 40.2 Å². The van der Waals surface area contributed by atoms with E-state index < -0.39 is 5.97 Å². The highest BCUT2D eigenvalue weighted by molar-refractivity contribution is 8.18. The summed E-state index contributed by atoms with van der Waals surface area (Å²) < 4.78 is 10.4. The standard InChI is InChI=1S/C21H20N2O5S/c1-11-5-7-14(9-12(11)2)22-21-23-19(24)16(29-21)10-13-6-8-15(27-3)18(28-4)17(13)20(25)26/h5-10H,1-4H3,(H,25,26)(H,22,23,24)/b16-10+. The monoisotopic (exact) mass is 412 g/mol. The third-order valence-electron chi connectivity index (χ3n) is 4.45. The number of carboxylic acid groups (broad SMARTS) is 1. The van der Waals surface area contributed by atoms with Gasteiger partial charge in [0.15, 0.2) is 16.7 Å². The first kappa shape index (κ1) is 20.5. The van der Waals surface area contributed by atoms with Crippen LogP contribution in [-0.2, 0) is 4.79 Å². The lowest BCUT2D eigenvalue weighted by atomic mass is 10.0. The summed E-state index contributed by atoms with van der Waals surface area (Å²) in [4.78, 5) is 29.0. The predicted molar refractivity (Wildman–Crippen MR) is 113 cm³/mol. The lowest BCUT2D eigenvalue weighted by molar-refractivity contribution is -0.115. The zero-order chi connectivity index (χ0) is 21.1. The average Bonchev–Trinajstić information content (AvgIpc) is 3.02. The zero-order valence-corrected chi connectivity index (χ0v) is 17.2. The number of hydrogen-bond donors (Lipinski definition) is 2. The van der Waals surface area contributed by atoms with Crippen LogP contribution in [0.5, 0.6) is 11.5 Å². The Morgan fingerprint density at radius 3 is 2.52 bits per heavy atom. The third kappa shape index (κ3) is 4.27. The molecule has 1 aliphatic heterocycles. The van der Waals surface area contributed by atoms with Gasteiger partial charge >= 0.3 is 5.97 Å². The third-order valence-corrected chi connectivity index (χ3v) is 5.36. The second-order valence-corrected chi connectivity index (χ2v) is 7.35. The number of carboxylic acids is 1. The molecule has 1 heterocycles. The number of nitrogens with one attached hydrogen (secondary N) is 1. The molecule has 3 rings (SSSR count). The quantitative estimate of drug-likeness (QED) is 0.723. The molecule has 0 unspecified atom stereocenters. The number of methoxy groups -OCH3 is 2. The maximum absolute atomic E-state index is 12.4. The Morgan fingerprint density at radius 2 is 1.90 bits per heavy atom. The van der Waals surface area contributed by atoms with Gasteiger partial charge in [-0.2, -0.15) is 0 Å². The van der Waals surface area contributed by atoms with Gasteiger partial charge < -0.3 is 19.9 Å². The molecule has 2 aromatic rings. The molecule has 1 fully saturated rings. The van der Waals surface area contributed by atoms with Crippen LogP contribution in [-0.4, -0.2) is 36.4 Å². The Labute approximate surface area is 172 Å². The lowest BCUT2D eigenvalue weighted by Gasteiger charge is -2.12. The predicted octanol–water partition coefficient (Wildman–Crippen LogP) is 3.91. The number of carbonyl (C=O) groups is 2. The van der Waals surface area contributed by atoms with Crippen molar-refractivity contribution in [3.8, 4) is 11.5 Å². The summed E-state index contributed by atoms with van der Waals surface area (Å²) in [7, 11) is 2.80. The molecule has 0 spiro atoms. The minimum Gasteiger partial charge on any atom is -0.493 e. The average molecular weight is 412 g/mol. The van der Waals surface area contributed by atoms with E-state index in [0.717, 1.165) is 28.6 Å². The van der Waals surface area contributed by atoms with E-state index in [9.17, 15) is 14.7 Å². The Morgan fingerprint density at radius 1 is 1.14 bits per heavy atom. The molecule has 0 aromatic heterocycles. The fraction of sp³-hybridized carbons (Fsp3) is 0.190. The van der Waals surface area contributed by atoms with Crippen molar-refractivity contribution < 1.29 is 24.2 Å². The van der Waals surface area contributed by atoms with Crippen LogP contribution >= 0.6 is 11.8 Å². The number of nitrogens with zero attached hydrogens (tertiary/aromatic N) is 1. The van der Waals surface area contributed by atoms with E-state index in [-0.39, 0.29) is 17.2 Å². The number of carbonyl (C=O) groups excluding carboxylic acids is 1. The smallest absolute Gasteiger partial charge is 0.340 e. The van der Waals surface area contributed by atoms with Crippen molar-refractivity contribution in [2.75, 3.05) is 14.2 Å². The van der Waals surface area contributed by atoms with Crippen LogP contribution in [0.25, 0.3) is 6.08 Å². The van der Waals surface area contributed by atoms with Crippen LogP contribution < -0.4 is 14.8 Å². The molecule has 0 aliphatic carbocycles. The van der Waals surface area contributed by atoms with E-state index in [2.05, 4.69) is 10.3 Å². The number of benzene rings is 2. The zero-order valence-electron chi connectivity index (χ0n) is 16.4. The molecule has 7 nitrogen and oxygen atoms in total. The molecule has 1 aliphatic rings. The molecular formula is C21H20N2O5S. The number of thioether (sulfide) groups is 1. The number of hydrogen-bond acceptors (Lipinski definition) is 6. The summed E-state index contributed by atoms with van der Waals surface area (Å²) in [5.74, 6) is -1.13. The number of rotatable bonds is 5. The Hall–Kier alpha value is -3.26. The number of amides is 1. The minimum atomic E-state index is -1.18. The number of aromatic carboxylic acids is 1. The maximum Gasteiger partial charge on any atom is 0.340 e. The van der Waals surface area contributed by atoms with Gasteiger partial charge in [-0.1, -0.05) is 12.1 Å². The number of ether oxygens (including phenoxy) is 2. The van der Waals surface area contributed by atoms with Crippen LogP contribution in [0, 0.1) is 13.8 Å². The fourth-order valence-electron chi connectivity index (χ4n) is 2.82. The first-order valence-corrected chi connectivity index (χ1v) is 9.50. The van der Waals surface area contributed by atoms with Gasteiger partial charge in [0.1, 0.15) is 5.56 Å². The Kier molecular flexibility index (Phi) is 5.93. The lowest BCUT2D eigenvalue weighted by Crippen LogP contribution is -2.19. The van der Waals surface area contributed by atoms with Crippen molar-refractivity contribution in [3.63, 3.8) is 0 Å². The van der Waals surface area contributed by atoms with Crippen molar-refractivity contribution in [2.24, 2.45) is 4.99 Å². The van der Waals surface area contributed by atoms with Gasteiger partial charge in [-0.15, -0.1) is 0 Å². The second kappa shape index (κ2) is 8.40. The molecule has 1 amide bonds. The van der Waals surface area contributed by atoms with E-state index in [1.54, 1.807) is 12.1 Å². The number of amidine groups is 1. The van der Waals surface area contributed by atoms with Crippen molar-refractivity contribution in [1.29, 1.82) is 0 Å². The van der Waals surface area contributed by atoms with Crippen LogP contribution in [0.2, 0.25) is 0 Å². The van der Waals surface area contributed by atoms with Crippen LogP contribution in [0.1, 0.15) is 27.0 Å². The second-order valence-electron chi connectivity index (χ2n) is 6.32. The molecule has 150 valence electrons. The molecule has 8 heteroatoms. The summed E-state index contributed by atoms with van der Waals surface area (Å²) in [5.41, 5.74) is 3.25. The molecule has 0 saturated carbocycles. The summed E-state index contributed by atoms with van der Waals surface area (Å²) in [6, 6.07) is 8.95. The normalized spacial score (nSPS) is 16.2. The van der Waals surface area contributed by atoms with Gasteiger partial charge in [0.05, 0.1) is 24.8 Å². The van der Waals surface area contributed by atoms with Gasteiger partial charge in [0.25, 0.3) is 5.91 Å². The maximum atomic E-state index is 12.4. The topological polar surface area (TPSA) is 97.2 Å². The van der Waals surface area contributed by atoms with E-state index >= 15 is 0 Å². The van der Waals surface area contributed by atoms with Crippen molar-refractivity contribution in [3.05, 3.63) is 57.5 Å². The van der Waals surface area contributed by atoms with E-state index in [1.165, 1.54) is 20.3 Å². The van der Waals surface area contributed by atoms with Gasteiger partial charge in [-0.3, -0.25) is 4.79 Å². The van der Waals surface area contributed by atoms with Crippen molar-refractivity contribution in [2.45, 2.75) is 13.8 Å². The summed E-state index contributed by atoms with van der Waals surface area (Å²) in [6.45, 7) is 4.01. The fourth-order valence-corrected chi connectivity index (χ4v) is 3.65. The SMILES string of the molecule is COc1ccc(/C=C2/SC(=Nc3ccc(C)c(C)c3)NC2=O)c(C(=O)O)c1OC. The van der Waals surface area contributed by atoms with E-state index in [4.69, 9.17) is 9.47 Å². The summed E-state index contributed by atoms with van der Waals surface area (Å²) >= 11 is 1.15. The first-order chi connectivity index (χ1) is 13.8. The van der Waals surface area contributed by atoms with Gasteiger partial charge in [-0.25, -0.2) is 9.79 Å². The largest absolute Gasteiger partial charge is 0.493 e. The molecule has 0 bridgehead atoms. The van der Waals surface area contributed by atoms with Crippen molar-refractivity contribution >= 4 is 40.6 Å². The molecular weight excluding hydrogens is 392 g/mol. The summed E-state index contributed by atoms with van der Waals surface area (Å²) in [6.07, 6.45) is 1.51. The first-order valence-electron chi connectivity index (χ1n) is 8.69. The highest BCUT2D eigenvalue weighted by Crippen LogP contribution is 2.36. The number of aliphatic imine (C=N–C) groups is 1. The van der Waals surface area contributed by atoms with Crippen molar-refractivity contribution in [1.82, 2.24) is 5.32 Å². The van der Waals surface area contributed by atoms with E-state index in [1.807, 2.05) is 32.0 Å². The van der Waals surface area contributed by atoms with E-state index in [0.29, 0.717) is 21.4 Å². The van der Waals surface area contributed by atoms with Crippen LogP contribution in [0.4, 0.5) is 5.69 Å². The highest BCUT2D eigenvalue weighted by atomic mass is 32.2. The van der Waals surface area contributed by atoms with Crippen LogP contribution in [0.3, 0.4) is 0 Å². The van der Waals surface area contributed by atoms with Gasteiger partial charge in [0.2, 0.25) is 0 Å². The van der Waals surface area contributed by atoms with Gasteiger partial charge in [-0.05, 0) is 66.6 Å². The van der Waals surface area contributed by atoms with Gasteiger partial charge in [0, 0.05) is 0 Å². The molecule has 29 heavy (non-hydrogen) atoms. The molecule has 2 aromatic carbocycles. The number of aryl methyl sites for hydroxylation is 2. The highest BCUT2D eigenvalue weighted by Gasteiger charge is 2.26. The summed E-state index contributed by atoms with van der Waals surface area (Å²) in [5, 5.41) is 12.8. The Balaban J connectivity index is 1.97. The Bertz CT molecular complexity index is 1060. The minimum absolute atomic E-state index is 0.0766. The molecule has 0 atom stereocenters. The molecule has 2 N–H and O–H groups in total. The molecule has 1 saturated heterocycles. The molecule has 0 radical (unpaired) electrons.